The second-order valence-electron chi connectivity index (χ2n) is 3.81. The van der Waals surface area contributed by atoms with E-state index in [4.69, 9.17) is 13.7 Å². The first-order chi connectivity index (χ1) is 10.2. The molecule has 0 aliphatic heterocycles. The molecule has 0 fully saturated rings. The molecule has 9 heteroatoms. The van der Waals surface area contributed by atoms with Crippen LogP contribution in [-0.2, 0) is 4.74 Å². The van der Waals surface area contributed by atoms with Crippen LogP contribution in [0.2, 0.25) is 0 Å². The van der Waals surface area contributed by atoms with Crippen molar-refractivity contribution in [3.8, 4) is 22.2 Å². The Bertz CT molecular complexity index is 779. The number of hydrogen-bond acceptors (Lipinski definition) is 8. The van der Waals surface area contributed by atoms with Gasteiger partial charge in [0, 0.05) is 6.07 Å². The van der Waals surface area contributed by atoms with Gasteiger partial charge in [0.2, 0.25) is 0 Å². The van der Waals surface area contributed by atoms with Crippen LogP contribution in [0.15, 0.2) is 30.9 Å². The molecule has 108 valence electrons. The number of aromatic nitrogens is 3. The smallest absolute Gasteiger partial charge is 0.396 e. The molecule has 0 N–H and O–H groups in total. The van der Waals surface area contributed by atoms with E-state index in [9.17, 15) is 4.79 Å². The van der Waals surface area contributed by atoms with E-state index in [-0.39, 0.29) is 18.4 Å². The molecule has 0 saturated carbocycles. The second kappa shape index (κ2) is 5.78. The predicted molar refractivity (Wildman–Crippen MR) is 76.8 cm³/mol. The molecule has 0 spiro atoms. The molecule has 7 nitrogen and oxygen atoms in total. The first kappa shape index (κ1) is 14.0. The van der Waals surface area contributed by atoms with Gasteiger partial charge in [-0.05, 0) is 35.0 Å². The molecular formula is C12H8BrN3O4S. The fourth-order valence-electron chi connectivity index (χ4n) is 1.54. The van der Waals surface area contributed by atoms with Crippen LogP contribution in [0.1, 0.15) is 17.6 Å². The summed E-state index contributed by atoms with van der Waals surface area (Å²) in [5.74, 6) is -0.197. The number of halogens is 1. The quantitative estimate of drug-likeness (QED) is 0.650. The van der Waals surface area contributed by atoms with Gasteiger partial charge in [0.25, 0.3) is 5.89 Å². The summed E-state index contributed by atoms with van der Waals surface area (Å²) in [6.45, 7) is 1.93. The van der Waals surface area contributed by atoms with E-state index < -0.39 is 5.97 Å². The molecule has 3 rings (SSSR count). The molecule has 0 atom stereocenters. The molecule has 0 aromatic carbocycles. The van der Waals surface area contributed by atoms with Crippen LogP contribution >= 0.6 is 27.3 Å². The third-order valence-corrected chi connectivity index (χ3v) is 4.06. The second-order valence-corrected chi connectivity index (χ2v) is 6.28. The van der Waals surface area contributed by atoms with E-state index >= 15 is 0 Å². The zero-order chi connectivity index (χ0) is 14.8. The monoisotopic (exact) mass is 369 g/mol. The van der Waals surface area contributed by atoms with Gasteiger partial charge in [-0.15, -0.1) is 21.5 Å². The Hall–Kier alpha value is -2.00. The van der Waals surface area contributed by atoms with E-state index in [2.05, 4.69) is 31.3 Å². The molecule has 3 aromatic heterocycles. The largest absolute Gasteiger partial charge is 0.459 e. The van der Waals surface area contributed by atoms with Crippen molar-refractivity contribution in [1.82, 2.24) is 15.4 Å². The molecule has 0 bridgehead atoms. The van der Waals surface area contributed by atoms with E-state index in [0.717, 1.165) is 8.66 Å². The molecule has 0 aliphatic carbocycles. The van der Waals surface area contributed by atoms with Crippen molar-refractivity contribution in [3.05, 3.63) is 27.9 Å². The van der Waals surface area contributed by atoms with E-state index in [1.54, 1.807) is 13.0 Å². The predicted octanol–water partition coefficient (Wildman–Crippen LogP) is 3.39. The normalized spacial score (nSPS) is 10.8. The third-order valence-electron chi connectivity index (χ3n) is 2.42. The first-order valence-corrected chi connectivity index (χ1v) is 7.51. The number of esters is 1. The van der Waals surface area contributed by atoms with Gasteiger partial charge in [-0.2, -0.15) is 0 Å². The van der Waals surface area contributed by atoms with Gasteiger partial charge in [-0.3, -0.25) is 0 Å². The van der Waals surface area contributed by atoms with Gasteiger partial charge in [0.05, 0.1) is 15.3 Å². The van der Waals surface area contributed by atoms with Crippen LogP contribution in [0, 0.1) is 0 Å². The molecule has 0 amide bonds. The number of nitrogens with zero attached hydrogens (tertiary/aromatic N) is 3. The summed E-state index contributed by atoms with van der Waals surface area (Å²) >= 11 is 4.89. The highest BCUT2D eigenvalue weighted by Crippen LogP contribution is 2.33. The zero-order valence-corrected chi connectivity index (χ0v) is 13.1. The summed E-state index contributed by atoms with van der Waals surface area (Å²) in [4.78, 5) is 12.4. The minimum Gasteiger partial charge on any atom is -0.459 e. The lowest BCUT2D eigenvalue weighted by molar-refractivity contribution is 0.0481. The van der Waals surface area contributed by atoms with Crippen LogP contribution in [0.3, 0.4) is 0 Å². The topological polar surface area (TPSA) is 91.2 Å². The van der Waals surface area contributed by atoms with E-state index in [1.165, 1.54) is 11.3 Å². The Morgan fingerprint density at radius 2 is 2.29 bits per heavy atom. The van der Waals surface area contributed by atoms with Crippen molar-refractivity contribution in [2.45, 2.75) is 6.92 Å². The minimum atomic E-state index is -0.665. The zero-order valence-electron chi connectivity index (χ0n) is 10.7. The SMILES string of the molecule is CCOC(=O)c1nnc(-c2cc(-c3ccc(Br)s3)on2)o1. The van der Waals surface area contributed by atoms with Crippen LogP contribution < -0.4 is 0 Å². The minimum absolute atomic E-state index is 0.101. The number of thiophene rings is 1. The summed E-state index contributed by atoms with van der Waals surface area (Å²) in [6.07, 6.45) is 0. The highest BCUT2D eigenvalue weighted by Gasteiger charge is 2.20. The summed E-state index contributed by atoms with van der Waals surface area (Å²) in [5.41, 5.74) is 0.359. The maximum absolute atomic E-state index is 11.5. The third kappa shape index (κ3) is 2.88. The molecule has 21 heavy (non-hydrogen) atoms. The number of hydrogen-bond donors (Lipinski definition) is 0. The standard InChI is InChI=1S/C12H8BrN3O4S/c1-2-18-12(17)11-15-14-10(19-11)6-5-7(20-16-6)8-3-4-9(13)21-8/h3-5H,2H2,1H3. The number of rotatable bonds is 4. The van der Waals surface area contributed by atoms with Gasteiger partial charge in [0.1, 0.15) is 0 Å². The maximum Gasteiger partial charge on any atom is 0.396 e. The lowest BCUT2D eigenvalue weighted by Gasteiger charge is -1.93. The Morgan fingerprint density at radius 1 is 1.43 bits per heavy atom. The van der Waals surface area contributed by atoms with Gasteiger partial charge in [-0.1, -0.05) is 5.16 Å². The molecule has 0 unspecified atom stereocenters. The van der Waals surface area contributed by atoms with Crippen molar-refractivity contribution in [3.63, 3.8) is 0 Å². The highest BCUT2D eigenvalue weighted by molar-refractivity contribution is 9.11. The maximum atomic E-state index is 11.5. The number of ether oxygens (including phenoxy) is 1. The summed E-state index contributed by atoms with van der Waals surface area (Å²) in [6, 6.07) is 5.48. The Morgan fingerprint density at radius 3 is 3.00 bits per heavy atom. The Labute approximate surface area is 131 Å². The average Bonchev–Trinajstić information content (AvgIpc) is 3.18. The summed E-state index contributed by atoms with van der Waals surface area (Å²) in [7, 11) is 0. The lowest BCUT2D eigenvalue weighted by atomic mass is 10.3. The molecule has 0 saturated heterocycles. The number of carbonyl (C=O) groups is 1. The van der Waals surface area contributed by atoms with Gasteiger partial charge in [-0.25, -0.2) is 4.79 Å². The lowest BCUT2D eigenvalue weighted by Crippen LogP contribution is -2.04. The van der Waals surface area contributed by atoms with Gasteiger partial charge in [0.15, 0.2) is 11.5 Å². The Kier molecular flexibility index (Phi) is 3.84. The molecule has 0 aliphatic rings. The molecular weight excluding hydrogens is 362 g/mol. The molecule has 3 aromatic rings. The fraction of sp³-hybridized carbons (Fsp3) is 0.167. The van der Waals surface area contributed by atoms with Crippen molar-refractivity contribution >= 4 is 33.2 Å². The van der Waals surface area contributed by atoms with Crippen LogP contribution in [-0.4, -0.2) is 27.9 Å². The van der Waals surface area contributed by atoms with Gasteiger partial charge >= 0.3 is 11.9 Å². The van der Waals surface area contributed by atoms with Crippen LogP contribution in [0.4, 0.5) is 0 Å². The van der Waals surface area contributed by atoms with E-state index in [0.29, 0.717) is 11.5 Å². The average molecular weight is 370 g/mol. The Balaban J connectivity index is 1.85. The highest BCUT2D eigenvalue weighted by atomic mass is 79.9. The van der Waals surface area contributed by atoms with E-state index in [1.807, 2.05) is 12.1 Å². The summed E-state index contributed by atoms with van der Waals surface area (Å²) < 4.78 is 16.2. The van der Waals surface area contributed by atoms with Crippen LogP contribution in [0.5, 0.6) is 0 Å². The van der Waals surface area contributed by atoms with Crippen LogP contribution in [0.25, 0.3) is 22.2 Å². The number of carbonyl (C=O) groups excluding carboxylic acids is 1. The first-order valence-electron chi connectivity index (χ1n) is 5.91. The van der Waals surface area contributed by atoms with Crippen molar-refractivity contribution in [1.29, 1.82) is 0 Å². The molecule has 3 heterocycles. The molecule has 0 radical (unpaired) electrons. The van der Waals surface area contributed by atoms with Crippen molar-refractivity contribution in [2.24, 2.45) is 0 Å². The van der Waals surface area contributed by atoms with Gasteiger partial charge < -0.3 is 13.7 Å². The van der Waals surface area contributed by atoms with Crippen molar-refractivity contribution in [2.75, 3.05) is 6.61 Å². The summed E-state index contributed by atoms with van der Waals surface area (Å²) in [5, 5.41) is 11.2. The van der Waals surface area contributed by atoms with Crippen molar-refractivity contribution < 1.29 is 18.5 Å². The fourth-order valence-corrected chi connectivity index (χ4v) is 2.88.